The van der Waals surface area contributed by atoms with E-state index in [2.05, 4.69) is 10.6 Å². The van der Waals surface area contributed by atoms with Crippen molar-refractivity contribution in [2.75, 3.05) is 13.1 Å². The molecule has 0 aromatic rings. The Kier molecular flexibility index (Phi) is 7.30. The second kappa shape index (κ2) is 8.15. The molecular formula is C8H14N2O4. The molecule has 6 heteroatoms. The standard InChI is InChI=1S/C8H14N2O4/c11-7(12)9-5-3-1-2-4-6-10-8(13)14/h9-10H,1-6H2. The van der Waals surface area contributed by atoms with Gasteiger partial charge in [0.05, 0.1) is 0 Å². The van der Waals surface area contributed by atoms with Gasteiger partial charge in [0, 0.05) is 13.1 Å². The van der Waals surface area contributed by atoms with E-state index in [1.54, 1.807) is 0 Å². The summed E-state index contributed by atoms with van der Waals surface area (Å²) in [6.07, 6.45) is 0.662. The van der Waals surface area contributed by atoms with Gasteiger partial charge < -0.3 is 10.6 Å². The Morgan fingerprint density at radius 1 is 0.714 bits per heavy atom. The average Bonchev–Trinajstić information content (AvgIpc) is 2.08. The van der Waals surface area contributed by atoms with Gasteiger partial charge in [-0.2, -0.15) is 0 Å². The Balaban J connectivity index is 2.99. The summed E-state index contributed by atoms with van der Waals surface area (Å²) in [4.78, 5) is 19.8. The molecule has 0 spiro atoms. The van der Waals surface area contributed by atoms with Crippen LogP contribution < -0.4 is 10.6 Å². The zero-order chi connectivity index (χ0) is 10.8. The molecule has 0 saturated carbocycles. The first-order valence-corrected chi connectivity index (χ1v) is 4.52. The van der Waals surface area contributed by atoms with E-state index in [1.807, 2.05) is 0 Å². The average molecular weight is 202 g/mol. The second-order valence-electron chi connectivity index (χ2n) is 2.84. The summed E-state index contributed by atoms with van der Waals surface area (Å²) in [6.45, 7) is 0.770. The molecule has 0 aliphatic heterocycles. The number of amides is 2. The second-order valence-corrected chi connectivity index (χ2v) is 2.84. The van der Waals surface area contributed by atoms with Gasteiger partial charge in [-0.15, -0.1) is 0 Å². The van der Waals surface area contributed by atoms with E-state index in [4.69, 9.17) is 0 Å². The summed E-state index contributed by atoms with van der Waals surface area (Å²) in [7, 11) is 0. The molecule has 0 saturated heterocycles. The van der Waals surface area contributed by atoms with Crippen molar-refractivity contribution in [3.05, 3.63) is 0 Å². The summed E-state index contributed by atoms with van der Waals surface area (Å²) in [5.41, 5.74) is 0. The quantitative estimate of drug-likeness (QED) is 0.597. The van der Waals surface area contributed by atoms with E-state index in [9.17, 15) is 19.8 Å². The first-order chi connectivity index (χ1) is 6.63. The molecule has 6 nitrogen and oxygen atoms in total. The minimum absolute atomic E-state index is 0.385. The zero-order valence-corrected chi connectivity index (χ0v) is 7.88. The minimum Gasteiger partial charge on any atom is -0.318 e. The fraction of sp³-hybridized carbons (Fsp3) is 0.750. The normalized spacial score (nSPS) is 9.43. The van der Waals surface area contributed by atoms with Gasteiger partial charge in [0.2, 0.25) is 0 Å². The van der Waals surface area contributed by atoms with Crippen molar-refractivity contribution in [2.24, 2.45) is 0 Å². The van der Waals surface area contributed by atoms with Gasteiger partial charge in [0.25, 0.3) is 0 Å². The Morgan fingerprint density at radius 3 is 1.36 bits per heavy atom. The molecule has 2 amide bonds. The van der Waals surface area contributed by atoms with Crippen molar-refractivity contribution in [3.63, 3.8) is 0 Å². The van der Waals surface area contributed by atoms with Crippen LogP contribution >= 0.6 is 0 Å². The lowest BCUT2D eigenvalue weighted by Gasteiger charge is -2.00. The summed E-state index contributed by atoms with van der Waals surface area (Å²) in [6, 6.07) is 0. The topological polar surface area (TPSA) is 98.0 Å². The maximum absolute atomic E-state index is 9.91. The van der Waals surface area contributed by atoms with E-state index in [0.29, 0.717) is 13.1 Å². The maximum atomic E-state index is 9.91. The van der Waals surface area contributed by atoms with Gasteiger partial charge in [0.15, 0.2) is 0 Å². The van der Waals surface area contributed by atoms with Crippen molar-refractivity contribution in [3.8, 4) is 0 Å². The van der Waals surface area contributed by atoms with Gasteiger partial charge in [-0.05, 0) is 12.8 Å². The third-order valence-electron chi connectivity index (χ3n) is 1.64. The van der Waals surface area contributed by atoms with E-state index in [-0.39, 0.29) is 0 Å². The van der Waals surface area contributed by atoms with E-state index >= 15 is 0 Å². The number of hydrogen-bond acceptors (Lipinski definition) is 2. The molecule has 0 rings (SSSR count). The Morgan fingerprint density at radius 2 is 1.07 bits per heavy atom. The number of unbranched alkanes of at least 4 members (excludes halogenated alkanes) is 3. The van der Waals surface area contributed by atoms with Crippen molar-refractivity contribution >= 4 is 12.2 Å². The predicted octanol–water partition coefficient (Wildman–Crippen LogP) is 0.827. The molecule has 0 unspecified atom stereocenters. The molecule has 2 radical (unpaired) electrons. The molecule has 0 aliphatic carbocycles. The number of hydrogen-bond donors (Lipinski definition) is 2. The molecule has 0 aliphatic rings. The molecule has 0 bridgehead atoms. The van der Waals surface area contributed by atoms with Crippen LogP contribution in [0.1, 0.15) is 25.7 Å². The van der Waals surface area contributed by atoms with Crippen LogP contribution in [0.25, 0.3) is 0 Å². The highest BCUT2D eigenvalue weighted by atomic mass is 16.4. The van der Waals surface area contributed by atoms with Gasteiger partial charge in [-0.25, -0.2) is 19.8 Å². The Labute approximate surface area is 82.3 Å². The molecule has 0 heterocycles. The van der Waals surface area contributed by atoms with E-state index < -0.39 is 12.2 Å². The van der Waals surface area contributed by atoms with Crippen molar-refractivity contribution < 1.29 is 19.8 Å². The summed E-state index contributed by atoms with van der Waals surface area (Å²) >= 11 is 0. The SMILES string of the molecule is [O]C(=O)NCCCCCCNC([O])=O. The Hall–Kier alpha value is -1.46. The summed E-state index contributed by atoms with van der Waals surface area (Å²) in [5, 5.41) is 24.1. The molecule has 0 atom stereocenters. The lowest BCUT2D eigenvalue weighted by Crippen LogP contribution is -2.21. The van der Waals surface area contributed by atoms with Crippen LogP contribution in [0.5, 0.6) is 0 Å². The molecule has 0 aromatic heterocycles. The van der Waals surface area contributed by atoms with Crippen molar-refractivity contribution in [2.45, 2.75) is 25.7 Å². The van der Waals surface area contributed by atoms with Crippen LogP contribution in [0.2, 0.25) is 0 Å². The number of nitrogens with one attached hydrogen (secondary N) is 2. The highest BCUT2D eigenvalue weighted by molar-refractivity contribution is 5.64. The van der Waals surface area contributed by atoms with Gasteiger partial charge in [-0.3, -0.25) is 0 Å². The molecule has 14 heavy (non-hydrogen) atoms. The van der Waals surface area contributed by atoms with Crippen molar-refractivity contribution in [1.82, 2.24) is 10.6 Å². The van der Waals surface area contributed by atoms with Crippen LogP contribution in [0, 0.1) is 0 Å². The fourth-order valence-corrected chi connectivity index (χ4v) is 0.984. The zero-order valence-electron chi connectivity index (χ0n) is 7.88. The van der Waals surface area contributed by atoms with Crippen molar-refractivity contribution in [1.29, 1.82) is 0 Å². The first kappa shape index (κ1) is 12.5. The van der Waals surface area contributed by atoms with Crippen LogP contribution in [-0.2, 0) is 10.2 Å². The molecule has 0 aromatic carbocycles. The number of carbonyl (C=O) groups is 2. The third-order valence-corrected chi connectivity index (χ3v) is 1.64. The monoisotopic (exact) mass is 202 g/mol. The number of carbonyl (C=O) groups excluding carboxylic acids is 2. The molecule has 2 N–H and O–H groups in total. The van der Waals surface area contributed by atoms with Crippen LogP contribution in [-0.4, -0.2) is 25.3 Å². The van der Waals surface area contributed by atoms with E-state index in [0.717, 1.165) is 25.7 Å². The molecule has 0 fully saturated rings. The lowest BCUT2D eigenvalue weighted by atomic mass is 10.2. The van der Waals surface area contributed by atoms with Gasteiger partial charge in [0.1, 0.15) is 0 Å². The molecular weight excluding hydrogens is 188 g/mol. The highest BCUT2D eigenvalue weighted by Gasteiger charge is 1.97. The smallest absolute Gasteiger partial charge is 0.318 e. The number of rotatable bonds is 7. The minimum atomic E-state index is -1.26. The van der Waals surface area contributed by atoms with Crippen LogP contribution in [0.15, 0.2) is 0 Å². The third kappa shape index (κ3) is 10.5. The summed E-state index contributed by atoms with van der Waals surface area (Å²) < 4.78 is 0. The highest BCUT2D eigenvalue weighted by Crippen LogP contribution is 1.97. The molecule has 80 valence electrons. The Bertz CT molecular complexity index is 164. The first-order valence-electron chi connectivity index (χ1n) is 4.52. The maximum Gasteiger partial charge on any atom is 0.450 e. The van der Waals surface area contributed by atoms with Crippen LogP contribution in [0.4, 0.5) is 9.59 Å². The fourth-order valence-electron chi connectivity index (χ4n) is 0.984. The summed E-state index contributed by atoms with van der Waals surface area (Å²) in [5.74, 6) is 0. The predicted molar refractivity (Wildman–Crippen MR) is 46.6 cm³/mol. The lowest BCUT2D eigenvalue weighted by molar-refractivity contribution is 0.166. The van der Waals surface area contributed by atoms with Gasteiger partial charge >= 0.3 is 12.2 Å². The van der Waals surface area contributed by atoms with Gasteiger partial charge in [-0.1, -0.05) is 12.8 Å². The van der Waals surface area contributed by atoms with E-state index in [1.165, 1.54) is 0 Å². The van der Waals surface area contributed by atoms with Crippen LogP contribution in [0.3, 0.4) is 0 Å². The largest absolute Gasteiger partial charge is 0.450 e.